The summed E-state index contributed by atoms with van der Waals surface area (Å²) in [5.74, 6) is 2.71. The van der Waals surface area contributed by atoms with E-state index in [1.54, 1.807) is 12.1 Å². The van der Waals surface area contributed by atoms with Gasteiger partial charge in [-0.3, -0.25) is 9.59 Å². The number of carbonyl (C=O) groups is 2. The second-order valence-electron chi connectivity index (χ2n) is 7.23. The summed E-state index contributed by atoms with van der Waals surface area (Å²) in [6, 6.07) is 7.59. The summed E-state index contributed by atoms with van der Waals surface area (Å²) in [7, 11) is 0. The Balaban J connectivity index is 1.41. The predicted octanol–water partition coefficient (Wildman–Crippen LogP) is 2.88. The molecule has 6 heteroatoms. The molecule has 0 spiro atoms. The van der Waals surface area contributed by atoms with Crippen molar-refractivity contribution in [3.63, 3.8) is 0 Å². The first-order chi connectivity index (χ1) is 12.6. The number of furan rings is 2. The van der Waals surface area contributed by atoms with Crippen molar-refractivity contribution < 1.29 is 18.4 Å². The van der Waals surface area contributed by atoms with Gasteiger partial charge in [0.1, 0.15) is 11.5 Å². The summed E-state index contributed by atoms with van der Waals surface area (Å²) >= 11 is 0. The van der Waals surface area contributed by atoms with Crippen LogP contribution >= 0.6 is 0 Å². The maximum absolute atomic E-state index is 12.5. The molecule has 2 amide bonds. The summed E-state index contributed by atoms with van der Waals surface area (Å²) < 4.78 is 10.9. The van der Waals surface area contributed by atoms with Gasteiger partial charge in [0, 0.05) is 38.5 Å². The van der Waals surface area contributed by atoms with Crippen LogP contribution in [0.1, 0.15) is 41.3 Å². The topological polar surface area (TPSA) is 66.9 Å². The van der Waals surface area contributed by atoms with Crippen molar-refractivity contribution in [2.24, 2.45) is 5.92 Å². The van der Waals surface area contributed by atoms with Gasteiger partial charge in [0.15, 0.2) is 5.76 Å². The van der Waals surface area contributed by atoms with Crippen molar-refractivity contribution >= 4 is 11.8 Å². The number of aryl methyl sites for hydroxylation is 1. The third-order valence-electron chi connectivity index (χ3n) is 5.56. The molecule has 2 saturated heterocycles. The molecule has 0 bridgehead atoms. The third-order valence-corrected chi connectivity index (χ3v) is 5.56. The fraction of sp³-hybridized carbons (Fsp3) is 0.500. The molecule has 26 heavy (non-hydrogen) atoms. The summed E-state index contributed by atoms with van der Waals surface area (Å²) in [6.07, 6.45) is 4.48. The molecule has 2 unspecified atom stereocenters. The molecule has 0 radical (unpaired) electrons. The van der Waals surface area contributed by atoms with Crippen LogP contribution in [0.25, 0.3) is 0 Å². The van der Waals surface area contributed by atoms with E-state index in [2.05, 4.69) is 0 Å². The molecule has 0 aromatic carbocycles. The minimum Gasteiger partial charge on any atom is -0.466 e. The molecule has 2 fully saturated rings. The smallest absolute Gasteiger partial charge is 0.289 e. The van der Waals surface area contributed by atoms with Gasteiger partial charge in [-0.15, -0.1) is 0 Å². The van der Waals surface area contributed by atoms with Crippen molar-refractivity contribution in [2.75, 3.05) is 19.6 Å². The lowest BCUT2D eigenvalue weighted by Gasteiger charge is -2.47. The lowest BCUT2D eigenvalue weighted by molar-refractivity contribution is -0.140. The number of hydrogen-bond acceptors (Lipinski definition) is 4. The van der Waals surface area contributed by atoms with Gasteiger partial charge in [0.25, 0.3) is 5.91 Å². The number of piperidine rings is 2. The fourth-order valence-electron chi connectivity index (χ4n) is 4.23. The van der Waals surface area contributed by atoms with E-state index in [4.69, 9.17) is 8.83 Å². The Labute approximate surface area is 152 Å². The Morgan fingerprint density at radius 1 is 1.27 bits per heavy atom. The molecule has 2 aliphatic heterocycles. The SMILES string of the molecule is Cc1ccc(CCN2C(=O)CCC3CN(C(=O)c4ccco4)CCC32)o1. The van der Waals surface area contributed by atoms with E-state index in [1.165, 1.54) is 6.26 Å². The molecular weight excluding hydrogens is 332 g/mol. The summed E-state index contributed by atoms with van der Waals surface area (Å²) in [6.45, 7) is 3.95. The van der Waals surface area contributed by atoms with Crippen molar-refractivity contribution in [1.82, 2.24) is 9.80 Å². The second-order valence-corrected chi connectivity index (χ2v) is 7.23. The zero-order valence-corrected chi connectivity index (χ0v) is 15.0. The Bertz CT molecular complexity index is 780. The molecule has 2 aliphatic rings. The fourth-order valence-corrected chi connectivity index (χ4v) is 4.23. The van der Waals surface area contributed by atoms with E-state index in [-0.39, 0.29) is 17.9 Å². The van der Waals surface area contributed by atoms with Gasteiger partial charge in [-0.25, -0.2) is 0 Å². The Morgan fingerprint density at radius 2 is 2.15 bits per heavy atom. The van der Waals surface area contributed by atoms with Crippen molar-refractivity contribution in [3.05, 3.63) is 47.8 Å². The highest BCUT2D eigenvalue weighted by Crippen LogP contribution is 2.32. The average molecular weight is 356 g/mol. The van der Waals surface area contributed by atoms with Crippen molar-refractivity contribution in [1.29, 1.82) is 0 Å². The van der Waals surface area contributed by atoms with E-state index >= 15 is 0 Å². The Morgan fingerprint density at radius 3 is 2.88 bits per heavy atom. The lowest BCUT2D eigenvalue weighted by atomic mass is 9.83. The van der Waals surface area contributed by atoms with Crippen LogP contribution in [0.5, 0.6) is 0 Å². The number of fused-ring (bicyclic) bond motifs is 1. The second kappa shape index (κ2) is 7.02. The zero-order valence-electron chi connectivity index (χ0n) is 15.0. The monoisotopic (exact) mass is 356 g/mol. The molecule has 2 aromatic heterocycles. The maximum atomic E-state index is 12.5. The summed E-state index contributed by atoms with van der Waals surface area (Å²) in [4.78, 5) is 28.9. The third kappa shape index (κ3) is 3.28. The lowest BCUT2D eigenvalue weighted by Crippen LogP contribution is -2.57. The summed E-state index contributed by atoms with van der Waals surface area (Å²) in [5.41, 5.74) is 0. The van der Waals surface area contributed by atoms with Crippen LogP contribution in [0, 0.1) is 12.8 Å². The first-order valence-electron chi connectivity index (χ1n) is 9.29. The zero-order chi connectivity index (χ0) is 18.1. The number of nitrogens with zero attached hydrogens (tertiary/aromatic N) is 2. The highest BCUT2D eigenvalue weighted by atomic mass is 16.3. The highest BCUT2D eigenvalue weighted by molar-refractivity contribution is 5.91. The van der Waals surface area contributed by atoms with Gasteiger partial charge in [-0.05, 0) is 49.9 Å². The highest BCUT2D eigenvalue weighted by Gasteiger charge is 2.40. The molecule has 0 aliphatic carbocycles. The first kappa shape index (κ1) is 16.9. The van der Waals surface area contributed by atoms with Crippen LogP contribution in [0.15, 0.2) is 39.4 Å². The number of amides is 2. The van der Waals surface area contributed by atoms with Gasteiger partial charge >= 0.3 is 0 Å². The molecule has 2 atom stereocenters. The molecule has 138 valence electrons. The minimum atomic E-state index is -0.0528. The Hall–Kier alpha value is -2.50. The average Bonchev–Trinajstić information content (AvgIpc) is 3.32. The van der Waals surface area contributed by atoms with Gasteiger partial charge < -0.3 is 18.6 Å². The first-order valence-corrected chi connectivity index (χ1v) is 9.29. The van der Waals surface area contributed by atoms with Crippen molar-refractivity contribution in [2.45, 2.75) is 38.6 Å². The van der Waals surface area contributed by atoms with Crippen LogP contribution in [-0.4, -0.2) is 47.3 Å². The van der Waals surface area contributed by atoms with Gasteiger partial charge in [-0.2, -0.15) is 0 Å². The van der Waals surface area contributed by atoms with Gasteiger partial charge in [-0.1, -0.05) is 0 Å². The van der Waals surface area contributed by atoms with Crippen LogP contribution in [0.4, 0.5) is 0 Å². The normalized spacial score (nSPS) is 23.2. The van der Waals surface area contributed by atoms with Crippen molar-refractivity contribution in [3.8, 4) is 0 Å². The number of hydrogen-bond donors (Lipinski definition) is 0. The quantitative estimate of drug-likeness (QED) is 0.845. The molecule has 6 nitrogen and oxygen atoms in total. The molecule has 0 saturated carbocycles. The van der Waals surface area contributed by atoms with Crippen LogP contribution in [-0.2, 0) is 11.2 Å². The van der Waals surface area contributed by atoms with Crippen LogP contribution in [0.2, 0.25) is 0 Å². The standard InChI is InChI=1S/C20H24N2O4/c1-14-4-6-16(26-14)8-11-22-17-9-10-21(13-15(17)5-7-19(22)23)20(24)18-3-2-12-25-18/h2-4,6,12,15,17H,5,7-11,13H2,1H3. The van der Waals surface area contributed by atoms with E-state index in [0.717, 1.165) is 30.8 Å². The molecule has 4 heterocycles. The van der Waals surface area contributed by atoms with E-state index in [0.29, 0.717) is 37.7 Å². The van der Waals surface area contributed by atoms with E-state index < -0.39 is 0 Å². The number of rotatable bonds is 4. The number of carbonyl (C=O) groups excluding carboxylic acids is 2. The largest absolute Gasteiger partial charge is 0.466 e. The predicted molar refractivity (Wildman–Crippen MR) is 94.6 cm³/mol. The van der Waals surface area contributed by atoms with Gasteiger partial charge in [0.2, 0.25) is 5.91 Å². The Kier molecular flexibility index (Phi) is 4.57. The molecular formula is C20H24N2O4. The number of likely N-dealkylation sites (tertiary alicyclic amines) is 2. The molecule has 2 aromatic rings. The minimum absolute atomic E-state index is 0.0528. The van der Waals surface area contributed by atoms with Gasteiger partial charge in [0.05, 0.1) is 6.26 Å². The molecule has 0 N–H and O–H groups in total. The summed E-state index contributed by atoms with van der Waals surface area (Å²) in [5, 5.41) is 0. The van der Waals surface area contributed by atoms with E-state index in [9.17, 15) is 9.59 Å². The van der Waals surface area contributed by atoms with Crippen LogP contribution < -0.4 is 0 Å². The maximum Gasteiger partial charge on any atom is 0.289 e. The molecule has 4 rings (SSSR count). The van der Waals surface area contributed by atoms with Crippen LogP contribution in [0.3, 0.4) is 0 Å². The van der Waals surface area contributed by atoms with E-state index in [1.807, 2.05) is 28.9 Å².